The first-order chi connectivity index (χ1) is 6.29. The van der Waals surface area contributed by atoms with Gasteiger partial charge < -0.3 is 4.74 Å². The van der Waals surface area contributed by atoms with Crippen LogP contribution in [0.15, 0.2) is 6.17 Å². The minimum absolute atomic E-state index is 0.287. The summed E-state index contributed by atoms with van der Waals surface area (Å²) in [5, 5.41) is -0.579. The molecule has 0 amide bonds. The van der Waals surface area contributed by atoms with E-state index in [1.54, 1.807) is 0 Å². The zero-order valence-corrected chi connectivity index (χ0v) is 6.07. The molecule has 0 atom stereocenters. The van der Waals surface area contributed by atoms with Crippen molar-refractivity contribution in [3.05, 3.63) is 16.5 Å². The van der Waals surface area contributed by atoms with E-state index in [0.717, 1.165) is 0 Å². The number of methoxy groups -OCH3 is 1. The van der Waals surface area contributed by atoms with Crippen LogP contribution in [0.5, 0.6) is 5.88 Å². The highest BCUT2D eigenvalue weighted by atomic mass is 35.5. The second kappa shape index (κ2) is 3.03. The maximum Gasteiger partial charge on any atom is 0.236 e. The van der Waals surface area contributed by atoms with Gasteiger partial charge in [0.15, 0.2) is 0 Å². The summed E-state index contributed by atoms with van der Waals surface area (Å²) in [7, 11) is -2.69. The average molecular weight is 183 g/mol. The predicted octanol–water partition coefficient (Wildman–Crippen LogP) is 1.79. The summed E-state index contributed by atoms with van der Waals surface area (Å²) in [6, 6.07) is 0. The summed E-state index contributed by atoms with van der Waals surface area (Å²) in [5.41, 5.74) is 0. The van der Waals surface area contributed by atoms with Gasteiger partial charge in [0.2, 0.25) is 11.2 Å². The lowest BCUT2D eigenvalue weighted by Gasteiger charge is -1.98. The normalized spacial score (nSPS) is 16.6. The minimum Gasteiger partial charge on any atom is -0.480 e. The third-order valence-corrected chi connectivity index (χ3v) is 1.14. The third-order valence-electron chi connectivity index (χ3n) is 0.725. The van der Waals surface area contributed by atoms with Gasteiger partial charge in [-0.2, -0.15) is 4.98 Å². The summed E-state index contributed by atoms with van der Waals surface area (Å²) in [6.45, 7) is 0. The quantitative estimate of drug-likeness (QED) is 0.622. The van der Waals surface area contributed by atoms with E-state index in [1.807, 2.05) is 0 Å². The smallest absolute Gasteiger partial charge is 0.236 e. The highest BCUT2D eigenvalue weighted by molar-refractivity contribution is 6.32. The van der Waals surface area contributed by atoms with Gasteiger partial charge in [-0.25, -0.2) is 4.98 Å². The van der Waals surface area contributed by atoms with Crippen molar-refractivity contribution < 1.29 is 10.2 Å². The van der Waals surface area contributed by atoms with Crippen LogP contribution in [0.4, 0.5) is 0 Å². The highest BCUT2D eigenvalue weighted by Crippen LogP contribution is 2.20. The minimum atomic E-state index is -2.69. The van der Waals surface area contributed by atoms with Gasteiger partial charge >= 0.3 is 0 Å². The van der Waals surface area contributed by atoms with Crippen molar-refractivity contribution in [2.24, 2.45) is 0 Å². The highest BCUT2D eigenvalue weighted by Gasteiger charge is 2.01. The van der Waals surface area contributed by atoms with Crippen molar-refractivity contribution in [3.8, 4) is 5.88 Å². The molecule has 1 aromatic rings. The molecule has 5 heteroatoms. The molecular weight excluding hydrogens is 175 g/mol. The van der Waals surface area contributed by atoms with Crippen molar-refractivity contribution in [1.29, 1.82) is 0 Å². The van der Waals surface area contributed by atoms with Gasteiger partial charge in [0, 0.05) is 0 Å². The molecule has 1 rings (SSSR count). The summed E-state index contributed by atoms with van der Waals surface area (Å²) in [5.74, 6) is -0.420. The van der Waals surface area contributed by atoms with E-state index in [1.165, 1.54) is 0 Å². The van der Waals surface area contributed by atoms with E-state index in [4.69, 9.17) is 28.7 Å². The first-order valence-electron chi connectivity index (χ1n) is 4.18. The lowest BCUT2D eigenvalue weighted by atomic mass is 10.6. The summed E-state index contributed by atoms with van der Waals surface area (Å²) in [4.78, 5) is 6.83. The number of ether oxygens (including phenoxy) is 1. The van der Waals surface area contributed by atoms with Gasteiger partial charge in [-0.05, 0) is 11.6 Å². The molecule has 0 saturated heterocycles. The zero-order valence-electron chi connectivity index (χ0n) is 8.56. The number of aromatic nitrogens is 2. The van der Waals surface area contributed by atoms with E-state index < -0.39 is 12.9 Å². The fraction of sp³-hybridized carbons (Fsp3) is 0.200. The Morgan fingerprint density at radius 2 is 2.60 bits per heavy atom. The van der Waals surface area contributed by atoms with E-state index in [-0.39, 0.29) is 16.5 Å². The Hall–Kier alpha value is -0.540. The van der Waals surface area contributed by atoms with Crippen LogP contribution in [0, 0.1) is 0 Å². The van der Waals surface area contributed by atoms with Crippen LogP contribution >= 0.6 is 23.2 Å². The van der Waals surface area contributed by atoms with Crippen molar-refractivity contribution in [2.45, 2.75) is 0 Å². The second-order valence-corrected chi connectivity index (χ2v) is 2.04. The van der Waals surface area contributed by atoms with Crippen LogP contribution in [-0.2, 0) is 0 Å². The zero-order chi connectivity index (χ0) is 10.9. The van der Waals surface area contributed by atoms with Gasteiger partial charge in [-0.1, -0.05) is 11.6 Å². The summed E-state index contributed by atoms with van der Waals surface area (Å²) in [6.07, 6.45) is -0.383. The van der Waals surface area contributed by atoms with Crippen LogP contribution in [0.25, 0.3) is 0 Å². The van der Waals surface area contributed by atoms with E-state index in [2.05, 4.69) is 14.7 Å². The maximum absolute atomic E-state index is 7.18. The molecule has 10 heavy (non-hydrogen) atoms. The van der Waals surface area contributed by atoms with Crippen LogP contribution in [0.1, 0.15) is 5.48 Å². The van der Waals surface area contributed by atoms with Crippen molar-refractivity contribution in [3.63, 3.8) is 0 Å². The van der Waals surface area contributed by atoms with Gasteiger partial charge in [-0.3, -0.25) is 0 Å². The molecule has 0 radical (unpaired) electrons. The van der Waals surface area contributed by atoms with Gasteiger partial charge in [0.25, 0.3) is 0 Å². The Labute approximate surface area is 73.6 Å². The standard InChI is InChI=1S/C5H4Cl2N2O/c1-10-4-3(6)2-8-5(7)9-4/h2H,1H3/i1D3,2D. The monoisotopic (exact) mass is 182 g/mol. The Bertz CT molecular complexity index is 356. The molecule has 0 N–H and O–H groups in total. The number of nitrogens with zero attached hydrogens (tertiary/aromatic N) is 2. The van der Waals surface area contributed by atoms with Crippen molar-refractivity contribution >= 4 is 23.2 Å². The molecule has 0 fully saturated rings. The number of hydrogen-bond acceptors (Lipinski definition) is 3. The molecule has 1 aromatic heterocycles. The van der Waals surface area contributed by atoms with Crippen LogP contribution < -0.4 is 4.74 Å². The van der Waals surface area contributed by atoms with Crippen LogP contribution in [0.2, 0.25) is 10.3 Å². The molecular formula is C5H4Cl2N2O. The molecule has 1 heterocycles. The Kier molecular flexibility index (Phi) is 1.13. The molecule has 0 aliphatic rings. The maximum atomic E-state index is 7.18. The molecule has 0 bridgehead atoms. The number of halogens is 2. The summed E-state index contributed by atoms with van der Waals surface area (Å²) >= 11 is 10.9. The predicted molar refractivity (Wildman–Crippen MR) is 38.6 cm³/mol. The number of rotatable bonds is 1. The molecule has 0 aliphatic heterocycles. The van der Waals surface area contributed by atoms with E-state index in [0.29, 0.717) is 0 Å². The SMILES string of the molecule is [2H]c1nc(Cl)nc(OC([2H])([2H])[2H])c1Cl. The molecule has 0 unspecified atom stereocenters. The number of hydrogen-bond donors (Lipinski definition) is 0. The van der Waals surface area contributed by atoms with E-state index in [9.17, 15) is 0 Å². The molecule has 0 aliphatic carbocycles. The van der Waals surface area contributed by atoms with Crippen molar-refractivity contribution in [1.82, 2.24) is 9.97 Å². The fourth-order valence-electron chi connectivity index (χ4n) is 0.369. The van der Waals surface area contributed by atoms with Gasteiger partial charge in [0.05, 0.1) is 18.7 Å². The molecule has 54 valence electrons. The van der Waals surface area contributed by atoms with Crippen molar-refractivity contribution in [2.75, 3.05) is 7.04 Å². The molecule has 3 nitrogen and oxygen atoms in total. The van der Waals surface area contributed by atoms with Gasteiger partial charge in [0.1, 0.15) is 5.02 Å². The van der Waals surface area contributed by atoms with E-state index >= 15 is 0 Å². The third kappa shape index (κ3) is 1.49. The fourth-order valence-corrected chi connectivity index (χ4v) is 0.611. The average Bonchev–Trinajstić information content (AvgIpc) is 1.96. The first-order valence-corrected chi connectivity index (χ1v) is 2.94. The first kappa shape index (κ1) is 3.74. The Morgan fingerprint density at radius 1 is 1.80 bits per heavy atom. The Balaban J connectivity index is 3.09. The second-order valence-electron chi connectivity index (χ2n) is 1.33. The lowest BCUT2D eigenvalue weighted by Crippen LogP contribution is -1.90. The molecule has 0 aromatic carbocycles. The van der Waals surface area contributed by atoms with Crippen LogP contribution in [0.3, 0.4) is 0 Å². The Morgan fingerprint density at radius 3 is 3.30 bits per heavy atom. The summed E-state index contributed by atoms with van der Waals surface area (Å²) < 4.78 is 32.0. The largest absolute Gasteiger partial charge is 0.480 e. The van der Waals surface area contributed by atoms with Gasteiger partial charge in [-0.15, -0.1) is 0 Å². The molecule has 0 saturated carbocycles. The molecule has 0 spiro atoms. The van der Waals surface area contributed by atoms with Crippen LogP contribution in [-0.4, -0.2) is 17.0 Å². The lowest BCUT2D eigenvalue weighted by molar-refractivity contribution is 0.397. The topological polar surface area (TPSA) is 35.0 Å².